The van der Waals surface area contributed by atoms with Crippen molar-refractivity contribution in [3.8, 4) is 103 Å². The van der Waals surface area contributed by atoms with Crippen LogP contribution >= 0.6 is 0 Å². The van der Waals surface area contributed by atoms with Gasteiger partial charge in [0.05, 0.1) is 128 Å². The second-order valence-electron chi connectivity index (χ2n) is 19.0. The second kappa shape index (κ2) is 50.7. The molecule has 523 valence electrons. The van der Waals surface area contributed by atoms with E-state index < -0.39 is 0 Å². The number of benzene rings is 6. The van der Waals surface area contributed by atoms with E-state index in [1.165, 1.54) is 0 Å². The molecule has 0 N–H and O–H groups in total. The van der Waals surface area contributed by atoms with Crippen molar-refractivity contribution >= 4 is 0 Å². The van der Waals surface area contributed by atoms with Crippen LogP contribution in [0.5, 0.6) is 103 Å². The molecular formula is C72H90N6O18Tc. The average molecular weight is 1430 g/mol. The molecule has 0 heterocycles. The molecule has 0 unspecified atom stereocenters. The van der Waals surface area contributed by atoms with E-state index in [9.17, 15) is 0 Å². The maximum Gasteiger partial charge on any atom is 0.218 e. The summed E-state index contributed by atoms with van der Waals surface area (Å²) in [6, 6.07) is 22.4. The van der Waals surface area contributed by atoms with Crippen molar-refractivity contribution in [1.82, 2.24) is 0 Å². The first-order valence-electron chi connectivity index (χ1n) is 29.3. The van der Waals surface area contributed by atoms with Gasteiger partial charge in [0.2, 0.25) is 73.8 Å². The average Bonchev–Trinajstić information content (AvgIpc) is 1.02. The molecule has 6 aromatic rings. The molecule has 6 rings (SSSR count). The number of methoxy groups -OCH3 is 18. The zero-order valence-electron chi connectivity index (χ0n) is 58.8. The fourth-order valence-corrected chi connectivity index (χ4v) is 8.79. The summed E-state index contributed by atoms with van der Waals surface area (Å²) in [5.41, 5.74) is 6.03. The Hall–Kier alpha value is -10.7. The molecule has 1 radical (unpaired) electrons. The molecule has 0 amide bonds. The number of hydrogen-bond acceptors (Lipinski definition) is 18. The zero-order chi connectivity index (χ0) is 71.8. The molecule has 0 aliphatic rings. The summed E-state index contributed by atoms with van der Waals surface area (Å²) in [7, 11) is 28.4. The maximum absolute atomic E-state index is 6.77. The van der Waals surface area contributed by atoms with Crippen molar-refractivity contribution in [2.75, 3.05) is 167 Å². The molecule has 0 bridgehead atoms. The monoisotopic (exact) mass is 1430 g/mol. The van der Waals surface area contributed by atoms with E-state index in [-0.39, 0.29) is 20.1 Å². The van der Waals surface area contributed by atoms with Gasteiger partial charge in [-0.2, -0.15) is 0 Å². The second-order valence-corrected chi connectivity index (χ2v) is 19.0. The molecule has 24 nitrogen and oxygen atoms in total. The Morgan fingerprint density at radius 2 is 0.278 bits per heavy atom. The van der Waals surface area contributed by atoms with E-state index in [0.717, 1.165) is 33.4 Å². The van der Waals surface area contributed by atoms with Crippen LogP contribution in [-0.4, -0.2) is 167 Å². The van der Waals surface area contributed by atoms with Gasteiger partial charge in [-0.25, -0.2) is 39.4 Å². The van der Waals surface area contributed by atoms with Crippen LogP contribution in [0.25, 0.3) is 29.1 Å². The van der Waals surface area contributed by atoms with Gasteiger partial charge in [-0.1, -0.05) is 0 Å². The Morgan fingerprint density at radius 3 is 0.340 bits per heavy atom. The first kappa shape index (κ1) is 86.3. The Labute approximate surface area is 586 Å². The van der Waals surface area contributed by atoms with Crippen LogP contribution in [0.2, 0.25) is 0 Å². The molecule has 0 fully saturated rings. The third-order valence-electron chi connectivity index (χ3n) is 13.4. The normalized spacial score (nSPS) is 9.28. The predicted molar refractivity (Wildman–Crippen MR) is 368 cm³/mol. The van der Waals surface area contributed by atoms with E-state index >= 15 is 0 Å². The zero-order valence-corrected chi connectivity index (χ0v) is 60.7. The first-order chi connectivity index (χ1) is 46.6. The largest absolute Gasteiger partial charge is 0.493 e. The fraction of sp³-hybridized carbons (Fsp3) is 0.417. The van der Waals surface area contributed by atoms with Gasteiger partial charge in [-0.05, 0) is 106 Å². The molecule has 0 aliphatic carbocycles. The first-order valence-corrected chi connectivity index (χ1v) is 29.3. The van der Waals surface area contributed by atoms with Crippen molar-refractivity contribution in [3.05, 3.63) is 175 Å². The predicted octanol–water partition coefficient (Wildman–Crippen LogP) is 13.0. The van der Waals surface area contributed by atoms with E-state index in [1.807, 2.05) is 72.8 Å². The van der Waals surface area contributed by atoms with Crippen molar-refractivity contribution in [1.29, 1.82) is 0 Å². The minimum Gasteiger partial charge on any atom is -0.493 e. The molecule has 0 saturated carbocycles. The SMILES string of the molecule is [99Tc].[C-]#[N+]CCc1cc(OC)c(OC)c(OC)c1.[C-]#[N+]CCc1cc(OC)c(OC)c(OC)c1.[C-]#[N+]CCc1cc(OC)c(OC)c(OC)c1.[C-]#[N+]CCc1cc(OC)c(OC)c(OC)c1.[C-]#[N+]CCc1cc(OC)c(OC)c(OC)c1.[C-]#[N+]CCc1cc(OC)c(OC)c(OC)c1. The molecule has 0 atom stereocenters. The van der Waals surface area contributed by atoms with E-state index in [0.29, 0.717) is 181 Å². The molecule has 0 aliphatic heterocycles. The number of ether oxygens (including phenoxy) is 18. The van der Waals surface area contributed by atoms with Gasteiger partial charge >= 0.3 is 0 Å². The maximum atomic E-state index is 6.77. The third kappa shape index (κ3) is 28.0. The van der Waals surface area contributed by atoms with Gasteiger partial charge in [-0.3, -0.25) is 0 Å². The van der Waals surface area contributed by atoms with Crippen LogP contribution in [0.15, 0.2) is 72.8 Å². The summed E-state index contributed by atoms with van der Waals surface area (Å²) < 4.78 is 93.8. The summed E-state index contributed by atoms with van der Waals surface area (Å²) in [6.07, 6.45) is 4.08. The van der Waals surface area contributed by atoms with Crippen LogP contribution in [0.1, 0.15) is 33.4 Å². The van der Waals surface area contributed by atoms with Crippen LogP contribution < -0.4 is 85.3 Å². The van der Waals surface area contributed by atoms with Crippen molar-refractivity contribution in [3.63, 3.8) is 0 Å². The Kier molecular flexibility index (Phi) is 45.2. The summed E-state index contributed by atoms with van der Waals surface area (Å²) in [4.78, 5) is 19.9. The minimum atomic E-state index is 0. The van der Waals surface area contributed by atoms with Crippen molar-refractivity contribution < 1.29 is 105 Å². The molecule has 0 saturated heterocycles. The van der Waals surface area contributed by atoms with E-state index in [2.05, 4.69) is 29.1 Å². The molecule has 6 aromatic carbocycles. The molecular weight excluding hydrogens is 1340 g/mol. The molecule has 25 heteroatoms. The van der Waals surface area contributed by atoms with Gasteiger partial charge in [0.15, 0.2) is 69.0 Å². The summed E-state index contributed by atoms with van der Waals surface area (Å²) >= 11 is 0. The van der Waals surface area contributed by atoms with Crippen LogP contribution in [0.4, 0.5) is 0 Å². The molecule has 0 spiro atoms. The summed E-state index contributed by atoms with van der Waals surface area (Å²) in [6.45, 7) is 43.3. The number of hydrogen-bond donors (Lipinski definition) is 0. The molecule has 0 aromatic heterocycles. The summed E-state index contributed by atoms with van der Waals surface area (Å²) in [5.74, 6) is 11.0. The van der Waals surface area contributed by atoms with E-state index in [1.54, 1.807) is 128 Å². The van der Waals surface area contributed by atoms with Crippen molar-refractivity contribution in [2.45, 2.75) is 38.5 Å². The van der Waals surface area contributed by atoms with Gasteiger partial charge in [0, 0.05) is 58.6 Å². The number of rotatable bonds is 30. The Morgan fingerprint density at radius 1 is 0.186 bits per heavy atom. The smallest absolute Gasteiger partial charge is 0.218 e. The summed E-state index contributed by atoms with van der Waals surface area (Å²) in [5, 5.41) is 0. The van der Waals surface area contributed by atoms with Crippen LogP contribution in [-0.2, 0) is 58.6 Å². The Balaban J connectivity index is 0.00000114. The van der Waals surface area contributed by atoms with Crippen molar-refractivity contribution in [2.24, 2.45) is 0 Å². The van der Waals surface area contributed by atoms with Gasteiger partial charge in [0.25, 0.3) is 0 Å². The third-order valence-corrected chi connectivity index (χ3v) is 13.4. The van der Waals surface area contributed by atoms with E-state index in [4.69, 9.17) is 125 Å². The fourth-order valence-electron chi connectivity index (χ4n) is 8.79. The van der Waals surface area contributed by atoms with Gasteiger partial charge in [0.1, 0.15) is 0 Å². The van der Waals surface area contributed by atoms with Gasteiger partial charge in [-0.15, -0.1) is 0 Å². The standard InChI is InChI=1S/6C12H15NO3.Tc/c6*1-13-6-5-9-7-10(14-2)12(16-4)11(8-9)15-3;/h6*7-8H,5-6H2,2-4H3;/i;;;;;;1+1. The topological polar surface area (TPSA) is 192 Å². The van der Waals surface area contributed by atoms with Crippen LogP contribution in [0.3, 0.4) is 0 Å². The van der Waals surface area contributed by atoms with Crippen LogP contribution in [0, 0.1) is 39.4 Å². The minimum absolute atomic E-state index is 0. The van der Waals surface area contributed by atoms with Gasteiger partial charge < -0.3 is 114 Å². The molecule has 97 heavy (non-hydrogen) atoms. The quantitative estimate of drug-likeness (QED) is 0.0386. The number of nitrogens with zero attached hydrogens (tertiary/aromatic N) is 6. The Bertz CT molecular complexity index is 2830.